The van der Waals surface area contributed by atoms with Crippen molar-refractivity contribution in [3.8, 4) is 0 Å². The van der Waals surface area contributed by atoms with E-state index in [1.807, 2.05) is 12.1 Å². The maximum Gasteiger partial charge on any atom is 0.262 e. The molecule has 62 heavy (non-hydrogen) atoms. The number of halogens is 3. The van der Waals surface area contributed by atoms with E-state index in [0.29, 0.717) is 59.1 Å². The van der Waals surface area contributed by atoms with Crippen molar-refractivity contribution >= 4 is 64.3 Å². The first kappa shape index (κ1) is 41.9. The number of amides is 6. The molecule has 1 aliphatic carbocycles. The normalized spacial score (nSPS) is 26.9. The first-order valence-corrected chi connectivity index (χ1v) is 21.8. The van der Waals surface area contributed by atoms with Crippen molar-refractivity contribution in [2.24, 2.45) is 5.92 Å². The van der Waals surface area contributed by atoms with Gasteiger partial charge in [-0.1, -0.05) is 72.3 Å². The summed E-state index contributed by atoms with van der Waals surface area (Å²) in [6, 6.07) is 13.5. The molecule has 9 rings (SSSR count). The van der Waals surface area contributed by atoms with Crippen LogP contribution in [0.25, 0.3) is 0 Å². The fourth-order valence-electron chi connectivity index (χ4n) is 10.3. The number of carbonyl (C=O) groups excluding carboxylic acids is 6. The molecular weight excluding hydrogens is 834 g/mol. The van der Waals surface area contributed by atoms with E-state index in [9.17, 15) is 28.8 Å². The van der Waals surface area contributed by atoms with Gasteiger partial charge < -0.3 is 16.0 Å². The van der Waals surface area contributed by atoms with Crippen molar-refractivity contribution in [2.45, 2.75) is 87.5 Å². The zero-order valence-corrected chi connectivity index (χ0v) is 35.5. The van der Waals surface area contributed by atoms with Crippen molar-refractivity contribution in [3.63, 3.8) is 0 Å². The molecule has 5 heterocycles. The quantitative estimate of drug-likeness (QED) is 0.0737. The van der Waals surface area contributed by atoms with Crippen LogP contribution >= 0.6 is 23.2 Å². The minimum atomic E-state index is -1.21. The van der Waals surface area contributed by atoms with Gasteiger partial charge in [0.2, 0.25) is 17.7 Å². The summed E-state index contributed by atoms with van der Waals surface area (Å²) in [5, 5.41) is 12.5. The number of hydrogen-bond donors (Lipinski definition) is 4. The molecule has 6 amide bonds. The van der Waals surface area contributed by atoms with Crippen LogP contribution in [0.3, 0.4) is 0 Å². The predicted octanol–water partition coefficient (Wildman–Crippen LogP) is 6.10. The van der Waals surface area contributed by atoms with Crippen molar-refractivity contribution in [1.29, 1.82) is 0 Å². The van der Waals surface area contributed by atoms with Gasteiger partial charge >= 0.3 is 0 Å². The first-order valence-electron chi connectivity index (χ1n) is 21.1. The second kappa shape index (κ2) is 16.3. The maximum absolute atomic E-state index is 16.2. The van der Waals surface area contributed by atoms with Crippen LogP contribution in [0.2, 0.25) is 10.0 Å². The number of fused-ring (bicyclic) bond motifs is 4. The minimum absolute atomic E-state index is 0.0165. The van der Waals surface area contributed by atoms with Crippen LogP contribution in [-0.4, -0.2) is 82.5 Å². The molecule has 3 aromatic rings. The third-order valence-electron chi connectivity index (χ3n) is 13.4. The van der Waals surface area contributed by atoms with Crippen molar-refractivity contribution < 1.29 is 33.2 Å². The topological polar surface area (TPSA) is 157 Å². The molecule has 1 saturated carbocycles. The van der Waals surface area contributed by atoms with Crippen LogP contribution in [0.15, 0.2) is 90.6 Å². The number of nitrogens with one attached hydrogen (secondary N) is 4. The van der Waals surface area contributed by atoms with E-state index in [1.165, 1.54) is 6.07 Å². The number of nitrogens with zero attached hydrogens (tertiary/aromatic N) is 2. The Bertz CT molecular complexity index is 2540. The zero-order valence-electron chi connectivity index (χ0n) is 33.9. The Kier molecular flexibility index (Phi) is 11.0. The summed E-state index contributed by atoms with van der Waals surface area (Å²) in [6.07, 6.45) is 8.89. The lowest BCUT2D eigenvalue weighted by atomic mass is 9.73. The van der Waals surface area contributed by atoms with E-state index in [-0.39, 0.29) is 65.5 Å². The van der Waals surface area contributed by atoms with Gasteiger partial charge in [-0.3, -0.25) is 43.9 Å². The molecule has 4 fully saturated rings. The van der Waals surface area contributed by atoms with Gasteiger partial charge in [0, 0.05) is 65.4 Å². The zero-order chi connectivity index (χ0) is 43.6. The summed E-state index contributed by atoms with van der Waals surface area (Å²) in [5.74, 6) is -3.55. The highest BCUT2D eigenvalue weighted by Crippen LogP contribution is 2.60. The number of likely N-dealkylation sites (tertiary alicyclic amines) is 1. The minimum Gasteiger partial charge on any atom is -0.352 e. The van der Waals surface area contributed by atoms with Gasteiger partial charge in [-0.25, -0.2) is 4.39 Å². The van der Waals surface area contributed by atoms with Crippen LogP contribution in [0.5, 0.6) is 0 Å². The Morgan fingerprint density at radius 1 is 1.00 bits per heavy atom. The predicted molar refractivity (Wildman–Crippen MR) is 231 cm³/mol. The van der Waals surface area contributed by atoms with E-state index >= 15 is 4.39 Å². The Balaban J connectivity index is 0.876. The smallest absolute Gasteiger partial charge is 0.262 e. The number of hydrogen-bond acceptors (Lipinski definition) is 8. The van der Waals surface area contributed by atoms with Crippen LogP contribution in [-0.2, 0) is 31.1 Å². The number of rotatable bonds is 12. The van der Waals surface area contributed by atoms with Gasteiger partial charge in [0.15, 0.2) is 0 Å². The summed E-state index contributed by atoms with van der Waals surface area (Å²) < 4.78 is 16.2. The number of anilines is 1. The van der Waals surface area contributed by atoms with E-state index in [2.05, 4.69) is 32.7 Å². The van der Waals surface area contributed by atoms with E-state index < -0.39 is 46.9 Å². The molecule has 6 atom stereocenters. The molecule has 12 nitrogen and oxygen atoms in total. The number of benzene rings is 3. The molecule has 3 saturated heterocycles. The Morgan fingerprint density at radius 2 is 1.79 bits per heavy atom. The maximum atomic E-state index is 16.2. The Morgan fingerprint density at radius 3 is 2.55 bits per heavy atom. The summed E-state index contributed by atoms with van der Waals surface area (Å²) in [4.78, 5) is 82.1. The molecule has 4 N–H and O–H groups in total. The third-order valence-corrected chi connectivity index (χ3v) is 13.9. The van der Waals surface area contributed by atoms with Crippen LogP contribution in [0, 0.1) is 11.7 Å². The van der Waals surface area contributed by atoms with E-state index in [4.69, 9.17) is 23.2 Å². The summed E-state index contributed by atoms with van der Waals surface area (Å²) in [7, 11) is 0. The largest absolute Gasteiger partial charge is 0.352 e. The molecule has 3 aromatic carbocycles. The molecule has 320 valence electrons. The highest BCUT2D eigenvalue weighted by Gasteiger charge is 2.69. The second-order valence-electron chi connectivity index (χ2n) is 17.0. The number of allylic oxidation sites excluding steroid dienone is 1. The molecular formula is C47H45Cl2FN6O6. The van der Waals surface area contributed by atoms with Gasteiger partial charge in [-0.2, -0.15) is 0 Å². The van der Waals surface area contributed by atoms with Gasteiger partial charge in [-0.05, 0) is 98.4 Å². The summed E-state index contributed by atoms with van der Waals surface area (Å²) in [6.45, 7) is 7.10. The molecule has 1 spiro atoms. The van der Waals surface area contributed by atoms with Crippen molar-refractivity contribution in [1.82, 2.24) is 25.8 Å². The molecule has 0 radical (unpaired) electrons. The number of carbonyl (C=O) groups is 6. The fraction of sp³-hybridized carbons (Fsp3) is 0.362. The standard InChI is InChI=1S/C47H45Cl2FN6O6/c1-3-26(42(58)51-20-6-8-27-7-4-9-29-38(27)45(61)56(44(29)60)35-18-19-37(57)54-43(35)59)15-12-24(2)33-22-36-41(52-33)39(30-10-5-11-32(49)40(30)50)47(55(36)23-25-13-14-25)31-17-16-28(48)21-34(31)53-46(47)62/h3-5,7,9-12,15-17,21,25,33,35-36,39,41,52H,2,6,8,13-14,18-20,22-23H2,1H3,(H,51,58)(H,53,62)(H,54,57,59)/b15-12-,26-3+/t33-,35?,36+,39+,41-,47-/m1/s1. The first-order chi connectivity index (χ1) is 29.8. The monoisotopic (exact) mass is 878 g/mol. The van der Waals surface area contributed by atoms with Gasteiger partial charge in [0.1, 0.15) is 17.4 Å². The number of imide groups is 2. The molecule has 0 bridgehead atoms. The lowest BCUT2D eigenvalue weighted by molar-refractivity contribution is -0.136. The Hall–Kier alpha value is -5.47. The highest BCUT2D eigenvalue weighted by atomic mass is 35.5. The summed E-state index contributed by atoms with van der Waals surface area (Å²) >= 11 is 12.8. The molecule has 0 aromatic heterocycles. The van der Waals surface area contributed by atoms with Gasteiger partial charge in [0.05, 0.1) is 16.1 Å². The number of aryl methyl sites for hydroxylation is 1. The lowest BCUT2D eigenvalue weighted by Crippen LogP contribution is -2.54. The second-order valence-corrected chi connectivity index (χ2v) is 17.8. The molecule has 15 heteroatoms. The van der Waals surface area contributed by atoms with Crippen molar-refractivity contribution in [2.75, 3.05) is 18.4 Å². The van der Waals surface area contributed by atoms with E-state index in [1.54, 1.807) is 61.5 Å². The Labute approximate surface area is 367 Å². The van der Waals surface area contributed by atoms with Gasteiger partial charge in [0.25, 0.3) is 17.7 Å². The summed E-state index contributed by atoms with van der Waals surface area (Å²) in [5.41, 5.74) is 2.75. The lowest BCUT2D eigenvalue weighted by Gasteiger charge is -2.41. The third kappa shape index (κ3) is 6.99. The van der Waals surface area contributed by atoms with E-state index in [0.717, 1.165) is 28.9 Å². The molecule has 6 aliphatic rings. The average Bonchev–Trinajstić information content (AvgIpc) is 3.71. The fourth-order valence-corrected chi connectivity index (χ4v) is 10.7. The van der Waals surface area contributed by atoms with Crippen LogP contribution < -0.4 is 21.3 Å². The highest BCUT2D eigenvalue weighted by molar-refractivity contribution is 6.31. The number of piperidine rings is 1. The SMILES string of the molecule is C=C(/C=C\C(=C/C)C(=O)NCCCc1cccc2c1C(=O)N(C1CCC(=O)NC1=O)C2=O)[C@H]1C[C@H]2[C@@H](N1)[C@H](c1cccc(Cl)c1F)[C@]1(C(=O)Nc3cc(Cl)ccc31)N2CC1CC1. The molecule has 1 unspecified atom stereocenters. The molecule has 5 aliphatic heterocycles. The average molecular weight is 880 g/mol. The van der Waals surface area contributed by atoms with Crippen molar-refractivity contribution in [3.05, 3.63) is 134 Å². The van der Waals surface area contributed by atoms with Crippen LogP contribution in [0.1, 0.15) is 88.8 Å². The van der Waals surface area contributed by atoms with Crippen LogP contribution in [0.4, 0.5) is 10.1 Å². The van der Waals surface area contributed by atoms with Gasteiger partial charge in [-0.15, -0.1) is 0 Å².